The molecular formula is C20H14ClN3O3. The quantitative estimate of drug-likeness (QED) is 0.567. The molecule has 4 aromatic rings. The highest BCUT2D eigenvalue weighted by molar-refractivity contribution is 6.30. The molecule has 0 saturated heterocycles. The van der Waals surface area contributed by atoms with Crippen LogP contribution in [0.1, 0.15) is 10.5 Å². The molecule has 2 heterocycles. The van der Waals surface area contributed by atoms with E-state index in [1.165, 1.54) is 10.6 Å². The Labute approximate surface area is 159 Å². The van der Waals surface area contributed by atoms with Gasteiger partial charge in [0.1, 0.15) is 5.75 Å². The van der Waals surface area contributed by atoms with Gasteiger partial charge in [0.25, 0.3) is 0 Å². The molecule has 0 aliphatic heterocycles. The van der Waals surface area contributed by atoms with Crippen LogP contribution in [0.15, 0.2) is 60.7 Å². The molecule has 2 aromatic heterocycles. The molecule has 0 saturated carbocycles. The van der Waals surface area contributed by atoms with Gasteiger partial charge in [0.2, 0.25) is 0 Å². The smallest absolute Gasteiger partial charge is 0.356 e. The van der Waals surface area contributed by atoms with Gasteiger partial charge in [0.05, 0.1) is 18.5 Å². The number of nitrogens with zero attached hydrogens (tertiary/aromatic N) is 3. The predicted molar refractivity (Wildman–Crippen MR) is 102 cm³/mol. The average molecular weight is 380 g/mol. The minimum Gasteiger partial charge on any atom is -0.496 e. The molecule has 1 N–H and O–H groups in total. The number of benzene rings is 2. The van der Waals surface area contributed by atoms with Crippen LogP contribution in [0, 0.1) is 0 Å². The van der Waals surface area contributed by atoms with E-state index in [2.05, 4.69) is 10.1 Å². The van der Waals surface area contributed by atoms with Gasteiger partial charge in [-0.15, -0.1) is 0 Å². The summed E-state index contributed by atoms with van der Waals surface area (Å²) in [6.45, 7) is 0. The van der Waals surface area contributed by atoms with Crippen molar-refractivity contribution in [2.75, 3.05) is 7.11 Å². The number of aromatic nitrogens is 3. The van der Waals surface area contributed by atoms with Gasteiger partial charge in [-0.1, -0.05) is 35.9 Å². The van der Waals surface area contributed by atoms with Crippen molar-refractivity contribution >= 4 is 23.2 Å². The lowest BCUT2D eigenvalue weighted by atomic mass is 10.1. The second-order valence-corrected chi connectivity index (χ2v) is 6.28. The van der Waals surface area contributed by atoms with Crippen molar-refractivity contribution in [1.82, 2.24) is 14.6 Å². The Morgan fingerprint density at radius 2 is 1.93 bits per heavy atom. The number of carboxylic acids is 1. The highest BCUT2D eigenvalue weighted by Gasteiger charge is 2.17. The zero-order valence-electron chi connectivity index (χ0n) is 14.3. The van der Waals surface area contributed by atoms with Crippen molar-refractivity contribution in [3.8, 4) is 28.3 Å². The Kier molecular flexibility index (Phi) is 4.25. The summed E-state index contributed by atoms with van der Waals surface area (Å²) in [5.41, 5.74) is 3.26. The topological polar surface area (TPSA) is 76.7 Å². The molecule has 7 heteroatoms. The standard InChI is InChI=1S/C20H14ClN3O3/c1-27-18-8-3-2-7-14(18)15-10-17(12-5-4-6-13(21)9-12)24-19(22-15)11-16(23-24)20(25)26/h2-11H,1H3,(H,25,26). The van der Waals surface area contributed by atoms with Gasteiger partial charge in [0, 0.05) is 22.2 Å². The summed E-state index contributed by atoms with van der Waals surface area (Å²) in [7, 11) is 1.59. The van der Waals surface area contributed by atoms with Crippen LogP contribution in [0.25, 0.3) is 28.2 Å². The minimum atomic E-state index is -1.11. The lowest BCUT2D eigenvalue weighted by Crippen LogP contribution is -2.01. The lowest BCUT2D eigenvalue weighted by Gasteiger charge is -2.11. The van der Waals surface area contributed by atoms with Crippen LogP contribution in [0.3, 0.4) is 0 Å². The Morgan fingerprint density at radius 3 is 2.67 bits per heavy atom. The van der Waals surface area contributed by atoms with E-state index in [1.807, 2.05) is 42.5 Å². The van der Waals surface area contributed by atoms with Crippen molar-refractivity contribution in [1.29, 1.82) is 0 Å². The fourth-order valence-electron chi connectivity index (χ4n) is 2.93. The number of rotatable bonds is 4. The average Bonchev–Trinajstić information content (AvgIpc) is 3.11. The van der Waals surface area contributed by atoms with Crippen LogP contribution in [-0.2, 0) is 0 Å². The molecule has 27 heavy (non-hydrogen) atoms. The normalized spacial score (nSPS) is 10.9. The van der Waals surface area contributed by atoms with Crippen LogP contribution in [0.4, 0.5) is 0 Å². The largest absolute Gasteiger partial charge is 0.496 e. The number of hydrogen-bond donors (Lipinski definition) is 1. The molecule has 0 radical (unpaired) electrons. The fourth-order valence-corrected chi connectivity index (χ4v) is 3.12. The Bertz CT molecular complexity index is 1170. The van der Waals surface area contributed by atoms with Gasteiger partial charge in [0.15, 0.2) is 11.3 Å². The number of fused-ring (bicyclic) bond motifs is 1. The molecular weight excluding hydrogens is 366 g/mol. The maximum Gasteiger partial charge on any atom is 0.356 e. The van der Waals surface area contributed by atoms with E-state index < -0.39 is 5.97 Å². The Morgan fingerprint density at radius 1 is 1.11 bits per heavy atom. The number of para-hydroxylation sites is 1. The first-order valence-corrected chi connectivity index (χ1v) is 8.48. The van der Waals surface area contributed by atoms with Crippen molar-refractivity contribution in [3.63, 3.8) is 0 Å². The van der Waals surface area contributed by atoms with Crippen LogP contribution >= 0.6 is 11.6 Å². The molecule has 134 valence electrons. The third-order valence-corrected chi connectivity index (χ3v) is 4.38. The van der Waals surface area contributed by atoms with E-state index in [-0.39, 0.29) is 5.69 Å². The number of carboxylic acid groups (broad SMARTS) is 1. The highest BCUT2D eigenvalue weighted by atomic mass is 35.5. The Hall–Kier alpha value is -3.38. The fraction of sp³-hybridized carbons (Fsp3) is 0.0500. The number of methoxy groups -OCH3 is 1. The second-order valence-electron chi connectivity index (χ2n) is 5.84. The molecule has 0 unspecified atom stereocenters. The first-order valence-electron chi connectivity index (χ1n) is 8.10. The van der Waals surface area contributed by atoms with E-state index in [0.29, 0.717) is 27.8 Å². The first kappa shape index (κ1) is 17.1. The van der Waals surface area contributed by atoms with Gasteiger partial charge in [-0.3, -0.25) is 0 Å². The van der Waals surface area contributed by atoms with E-state index in [0.717, 1.165) is 11.1 Å². The van der Waals surface area contributed by atoms with Crippen LogP contribution < -0.4 is 4.74 Å². The van der Waals surface area contributed by atoms with Crippen molar-refractivity contribution in [3.05, 3.63) is 71.4 Å². The minimum absolute atomic E-state index is 0.0806. The summed E-state index contributed by atoms with van der Waals surface area (Å²) >= 11 is 6.15. The van der Waals surface area contributed by atoms with E-state index >= 15 is 0 Å². The molecule has 0 amide bonds. The van der Waals surface area contributed by atoms with Crippen molar-refractivity contribution < 1.29 is 14.6 Å². The number of halogens is 1. The SMILES string of the molecule is COc1ccccc1-c1cc(-c2cccc(Cl)c2)n2nc(C(=O)O)cc2n1. The summed E-state index contributed by atoms with van der Waals surface area (Å²) in [5.74, 6) is -0.444. The van der Waals surface area contributed by atoms with Crippen LogP contribution in [0.5, 0.6) is 5.75 Å². The van der Waals surface area contributed by atoms with Crippen molar-refractivity contribution in [2.45, 2.75) is 0 Å². The van der Waals surface area contributed by atoms with Crippen molar-refractivity contribution in [2.24, 2.45) is 0 Å². The Balaban J connectivity index is 2.03. The molecule has 4 rings (SSSR count). The molecule has 0 aliphatic rings. The van der Waals surface area contributed by atoms with E-state index in [4.69, 9.17) is 16.3 Å². The number of ether oxygens (including phenoxy) is 1. The summed E-state index contributed by atoms with van der Waals surface area (Å²) in [4.78, 5) is 16.0. The molecule has 0 aliphatic carbocycles. The first-order chi connectivity index (χ1) is 13.1. The summed E-state index contributed by atoms with van der Waals surface area (Å²) in [6, 6.07) is 18.1. The summed E-state index contributed by atoms with van der Waals surface area (Å²) in [5, 5.41) is 14.1. The second kappa shape index (κ2) is 6.74. The lowest BCUT2D eigenvalue weighted by molar-refractivity contribution is 0.0690. The molecule has 0 atom stereocenters. The number of hydrogen-bond acceptors (Lipinski definition) is 4. The third-order valence-electron chi connectivity index (χ3n) is 4.15. The number of aromatic carboxylic acids is 1. The molecule has 2 aromatic carbocycles. The van der Waals surface area contributed by atoms with Gasteiger partial charge in [-0.25, -0.2) is 14.3 Å². The molecule has 6 nitrogen and oxygen atoms in total. The van der Waals surface area contributed by atoms with Gasteiger partial charge in [-0.05, 0) is 30.3 Å². The predicted octanol–water partition coefficient (Wildman–Crippen LogP) is 4.42. The number of carbonyl (C=O) groups is 1. The van der Waals surface area contributed by atoms with E-state index in [1.54, 1.807) is 19.2 Å². The van der Waals surface area contributed by atoms with E-state index in [9.17, 15) is 9.90 Å². The van der Waals surface area contributed by atoms with Crippen LogP contribution in [0.2, 0.25) is 5.02 Å². The molecule has 0 fully saturated rings. The molecule has 0 spiro atoms. The monoisotopic (exact) mass is 379 g/mol. The third kappa shape index (κ3) is 3.11. The van der Waals surface area contributed by atoms with Gasteiger partial charge in [-0.2, -0.15) is 5.10 Å². The maximum absolute atomic E-state index is 11.4. The van der Waals surface area contributed by atoms with Crippen LogP contribution in [-0.4, -0.2) is 32.8 Å². The maximum atomic E-state index is 11.4. The molecule has 0 bridgehead atoms. The van der Waals surface area contributed by atoms with Gasteiger partial charge >= 0.3 is 5.97 Å². The summed E-state index contributed by atoms with van der Waals surface area (Å²) < 4.78 is 6.95. The highest BCUT2D eigenvalue weighted by Crippen LogP contribution is 2.32. The van der Waals surface area contributed by atoms with Gasteiger partial charge < -0.3 is 9.84 Å². The zero-order chi connectivity index (χ0) is 19.0. The zero-order valence-corrected chi connectivity index (χ0v) is 15.0. The summed E-state index contributed by atoms with van der Waals surface area (Å²) in [6.07, 6.45) is 0.